The zero-order valence-electron chi connectivity index (χ0n) is 12.0. The molecule has 0 aromatic heterocycles. The van der Waals surface area contributed by atoms with Crippen LogP contribution in [0.4, 0.5) is 13.2 Å². The van der Waals surface area contributed by atoms with Gasteiger partial charge in [-0.1, -0.05) is 23.8 Å². The second-order valence-electron chi connectivity index (χ2n) is 5.78. The number of aryl methyl sites for hydroxylation is 2. The molecule has 6 heteroatoms. The number of likely N-dealkylation sites (tertiary alicyclic amines) is 1. The molecule has 0 spiro atoms. The molecular weight excluding hydrogens is 283 g/mol. The second kappa shape index (κ2) is 5.33. The molecule has 0 radical (unpaired) electrons. The molecule has 0 bridgehead atoms. The number of alkyl halides is 3. The van der Waals surface area contributed by atoms with Crippen molar-refractivity contribution < 1.29 is 23.1 Å². The maximum atomic E-state index is 13.1. The van der Waals surface area contributed by atoms with Gasteiger partial charge in [-0.25, -0.2) is 0 Å². The van der Waals surface area contributed by atoms with Crippen LogP contribution in [0.1, 0.15) is 23.1 Å². The summed E-state index contributed by atoms with van der Waals surface area (Å²) in [6, 6.07) is 5.80. The van der Waals surface area contributed by atoms with Crippen molar-refractivity contribution in [2.45, 2.75) is 33.0 Å². The zero-order chi connectivity index (χ0) is 15.8. The van der Waals surface area contributed by atoms with E-state index in [1.54, 1.807) is 4.90 Å². The van der Waals surface area contributed by atoms with E-state index in [9.17, 15) is 18.0 Å². The van der Waals surface area contributed by atoms with Crippen molar-refractivity contribution in [2.75, 3.05) is 13.1 Å². The highest BCUT2D eigenvalue weighted by Gasteiger charge is 2.63. The monoisotopic (exact) mass is 301 g/mol. The van der Waals surface area contributed by atoms with Crippen LogP contribution in [0.15, 0.2) is 18.2 Å². The Morgan fingerprint density at radius 3 is 2.57 bits per heavy atom. The summed E-state index contributed by atoms with van der Waals surface area (Å²) >= 11 is 0. The molecule has 1 atom stereocenters. The molecule has 0 aliphatic carbocycles. The highest BCUT2D eigenvalue weighted by molar-refractivity contribution is 5.76. The first-order valence-electron chi connectivity index (χ1n) is 6.74. The standard InChI is InChI=1S/C15H18F3NO2/c1-10-3-4-11(2)12(7-10)8-19-6-5-14(9-19,13(20)21)15(16,17)18/h3-4,7H,5-6,8-9H2,1-2H3,(H,20,21). The highest BCUT2D eigenvalue weighted by atomic mass is 19.4. The summed E-state index contributed by atoms with van der Waals surface area (Å²) < 4.78 is 39.3. The minimum atomic E-state index is -4.73. The number of hydrogen-bond donors (Lipinski definition) is 1. The molecule has 1 saturated heterocycles. The van der Waals surface area contributed by atoms with Gasteiger partial charge >= 0.3 is 12.1 Å². The number of aliphatic carboxylic acids is 1. The van der Waals surface area contributed by atoms with E-state index in [1.807, 2.05) is 32.0 Å². The fraction of sp³-hybridized carbons (Fsp3) is 0.533. The van der Waals surface area contributed by atoms with Crippen LogP contribution in [0.3, 0.4) is 0 Å². The Kier molecular flexibility index (Phi) is 4.02. The Morgan fingerprint density at radius 2 is 2.05 bits per heavy atom. The second-order valence-corrected chi connectivity index (χ2v) is 5.78. The van der Waals surface area contributed by atoms with Crippen LogP contribution in [-0.2, 0) is 11.3 Å². The molecule has 1 aliphatic heterocycles. The van der Waals surface area contributed by atoms with Crippen molar-refractivity contribution in [1.82, 2.24) is 4.90 Å². The minimum absolute atomic E-state index is 0.138. The van der Waals surface area contributed by atoms with E-state index in [1.165, 1.54) is 0 Å². The average Bonchev–Trinajstić information content (AvgIpc) is 2.79. The Labute approximate surface area is 121 Å². The molecule has 1 heterocycles. The van der Waals surface area contributed by atoms with Crippen molar-refractivity contribution in [3.05, 3.63) is 34.9 Å². The lowest BCUT2D eigenvalue weighted by atomic mass is 9.86. The molecule has 116 valence electrons. The summed E-state index contributed by atoms with van der Waals surface area (Å²) in [6.45, 7) is 3.82. The van der Waals surface area contributed by atoms with E-state index in [2.05, 4.69) is 0 Å². The van der Waals surface area contributed by atoms with Crippen molar-refractivity contribution >= 4 is 5.97 Å². The Morgan fingerprint density at radius 1 is 1.38 bits per heavy atom. The maximum Gasteiger partial charge on any atom is 0.406 e. The first-order valence-corrected chi connectivity index (χ1v) is 6.74. The molecule has 1 aliphatic rings. The lowest BCUT2D eigenvalue weighted by molar-refractivity contribution is -0.227. The largest absolute Gasteiger partial charge is 0.481 e. The molecule has 0 saturated carbocycles. The smallest absolute Gasteiger partial charge is 0.406 e. The van der Waals surface area contributed by atoms with E-state index in [-0.39, 0.29) is 6.54 Å². The maximum absolute atomic E-state index is 13.1. The molecular formula is C15H18F3NO2. The van der Waals surface area contributed by atoms with E-state index >= 15 is 0 Å². The van der Waals surface area contributed by atoms with Gasteiger partial charge in [0.1, 0.15) is 0 Å². The lowest BCUT2D eigenvalue weighted by Crippen LogP contribution is -2.47. The molecule has 1 aromatic carbocycles. The molecule has 0 amide bonds. The van der Waals surface area contributed by atoms with Gasteiger partial charge in [0.2, 0.25) is 0 Å². The van der Waals surface area contributed by atoms with E-state index in [0.717, 1.165) is 16.7 Å². The predicted octanol–water partition coefficient (Wildman–Crippen LogP) is 3.14. The first kappa shape index (κ1) is 15.8. The van der Waals surface area contributed by atoms with Gasteiger partial charge in [-0.05, 0) is 31.4 Å². The number of rotatable bonds is 3. The Hall–Kier alpha value is -1.56. The first-order chi connectivity index (χ1) is 9.65. The lowest BCUT2D eigenvalue weighted by Gasteiger charge is -2.27. The summed E-state index contributed by atoms with van der Waals surface area (Å²) in [5.74, 6) is -1.78. The number of benzene rings is 1. The molecule has 1 aromatic rings. The Bertz CT molecular complexity index is 556. The van der Waals surface area contributed by atoms with Gasteiger partial charge < -0.3 is 5.11 Å². The van der Waals surface area contributed by atoms with E-state index in [0.29, 0.717) is 6.54 Å². The van der Waals surface area contributed by atoms with Crippen LogP contribution in [-0.4, -0.2) is 35.2 Å². The van der Waals surface area contributed by atoms with Crippen molar-refractivity contribution in [1.29, 1.82) is 0 Å². The number of carboxylic acid groups (broad SMARTS) is 1. The summed E-state index contributed by atoms with van der Waals surface area (Å²) in [5.41, 5.74) is 0.346. The van der Waals surface area contributed by atoms with Gasteiger partial charge in [0, 0.05) is 19.6 Å². The van der Waals surface area contributed by atoms with Crippen molar-refractivity contribution in [3.63, 3.8) is 0 Å². The van der Waals surface area contributed by atoms with Gasteiger partial charge in [-0.3, -0.25) is 9.69 Å². The number of hydrogen-bond acceptors (Lipinski definition) is 2. The van der Waals surface area contributed by atoms with Crippen LogP contribution >= 0.6 is 0 Å². The molecule has 1 N–H and O–H groups in total. The fourth-order valence-electron chi connectivity index (χ4n) is 2.76. The van der Waals surface area contributed by atoms with E-state index < -0.39 is 30.5 Å². The zero-order valence-corrected chi connectivity index (χ0v) is 12.0. The third-order valence-electron chi connectivity index (χ3n) is 4.20. The normalized spacial score (nSPS) is 23.5. The van der Waals surface area contributed by atoms with Crippen molar-refractivity contribution in [3.8, 4) is 0 Å². The van der Waals surface area contributed by atoms with Gasteiger partial charge in [0.15, 0.2) is 5.41 Å². The average molecular weight is 301 g/mol. The molecule has 21 heavy (non-hydrogen) atoms. The topological polar surface area (TPSA) is 40.5 Å². The summed E-state index contributed by atoms with van der Waals surface area (Å²) in [7, 11) is 0. The van der Waals surface area contributed by atoms with Crippen molar-refractivity contribution in [2.24, 2.45) is 5.41 Å². The quantitative estimate of drug-likeness (QED) is 0.932. The fourth-order valence-corrected chi connectivity index (χ4v) is 2.76. The number of halogens is 3. The number of nitrogens with zero attached hydrogens (tertiary/aromatic N) is 1. The van der Waals surface area contributed by atoms with Crippen LogP contribution in [0.2, 0.25) is 0 Å². The number of carboxylic acids is 1. The molecule has 1 unspecified atom stereocenters. The predicted molar refractivity (Wildman–Crippen MR) is 71.9 cm³/mol. The van der Waals surface area contributed by atoms with Gasteiger partial charge in [-0.15, -0.1) is 0 Å². The SMILES string of the molecule is Cc1ccc(C)c(CN2CCC(C(=O)O)(C(F)(F)F)C2)c1. The summed E-state index contributed by atoms with van der Waals surface area (Å²) in [6.07, 6.45) is -5.12. The van der Waals surface area contributed by atoms with Gasteiger partial charge in [0.25, 0.3) is 0 Å². The van der Waals surface area contributed by atoms with E-state index in [4.69, 9.17) is 5.11 Å². The van der Waals surface area contributed by atoms with Crippen LogP contribution in [0.5, 0.6) is 0 Å². The summed E-state index contributed by atoms with van der Waals surface area (Å²) in [4.78, 5) is 12.7. The Balaban J connectivity index is 2.19. The molecule has 3 nitrogen and oxygen atoms in total. The third-order valence-corrected chi connectivity index (χ3v) is 4.20. The van der Waals surface area contributed by atoms with Gasteiger partial charge in [-0.2, -0.15) is 13.2 Å². The minimum Gasteiger partial charge on any atom is -0.481 e. The van der Waals surface area contributed by atoms with Gasteiger partial charge in [0.05, 0.1) is 0 Å². The van der Waals surface area contributed by atoms with Crippen LogP contribution < -0.4 is 0 Å². The molecule has 1 fully saturated rings. The third kappa shape index (κ3) is 2.90. The summed E-state index contributed by atoms with van der Waals surface area (Å²) in [5, 5.41) is 9.04. The highest BCUT2D eigenvalue weighted by Crippen LogP contribution is 2.46. The molecule has 2 rings (SSSR count). The van der Waals surface area contributed by atoms with Crippen LogP contribution in [0, 0.1) is 19.3 Å². The number of carbonyl (C=O) groups is 1. The van der Waals surface area contributed by atoms with Crippen LogP contribution in [0.25, 0.3) is 0 Å².